The first-order chi connectivity index (χ1) is 4.91. The lowest BCUT2D eigenvalue weighted by atomic mass is 10.3. The molecule has 0 atom stereocenters. The first-order valence-electron chi connectivity index (χ1n) is 3.48. The van der Waals surface area contributed by atoms with Gasteiger partial charge in [0.25, 0.3) is 0 Å². The Balaban J connectivity index is 2.72. The molecule has 0 aliphatic carbocycles. The van der Waals surface area contributed by atoms with Crippen molar-refractivity contribution in [3.05, 3.63) is 0 Å². The molecule has 0 fully saturated rings. The van der Waals surface area contributed by atoms with E-state index < -0.39 is 0 Å². The van der Waals surface area contributed by atoms with Crippen LogP contribution in [0.15, 0.2) is 0 Å². The standard InChI is InChI=1S/C7H14N2S/c1-10-7-3-2-5-9-6-4-8/h9H,2-3,5-7H2,1H3. The molecule has 0 unspecified atom stereocenters. The van der Waals surface area contributed by atoms with Gasteiger partial charge in [-0.25, -0.2) is 0 Å². The number of nitriles is 1. The third-order valence-corrected chi connectivity index (χ3v) is 1.85. The van der Waals surface area contributed by atoms with Crippen LogP contribution in [0.5, 0.6) is 0 Å². The molecule has 0 aromatic rings. The third-order valence-electron chi connectivity index (χ3n) is 1.16. The molecule has 0 saturated heterocycles. The van der Waals surface area contributed by atoms with Crippen molar-refractivity contribution in [3.63, 3.8) is 0 Å². The van der Waals surface area contributed by atoms with Crippen molar-refractivity contribution < 1.29 is 0 Å². The average Bonchev–Trinajstić information content (AvgIpc) is 1.97. The normalized spacial score (nSPS) is 9.20. The van der Waals surface area contributed by atoms with Gasteiger partial charge in [0.1, 0.15) is 0 Å². The van der Waals surface area contributed by atoms with Gasteiger partial charge in [0.15, 0.2) is 0 Å². The van der Waals surface area contributed by atoms with E-state index in [0.29, 0.717) is 6.54 Å². The van der Waals surface area contributed by atoms with E-state index in [1.165, 1.54) is 18.6 Å². The molecule has 0 aromatic heterocycles. The van der Waals surface area contributed by atoms with Crippen molar-refractivity contribution in [2.45, 2.75) is 12.8 Å². The van der Waals surface area contributed by atoms with Gasteiger partial charge in [0.05, 0.1) is 12.6 Å². The largest absolute Gasteiger partial charge is 0.304 e. The molecule has 0 radical (unpaired) electrons. The minimum absolute atomic E-state index is 0.485. The Labute approximate surface area is 67.0 Å². The number of nitrogens with one attached hydrogen (secondary N) is 1. The fourth-order valence-corrected chi connectivity index (χ4v) is 1.13. The van der Waals surface area contributed by atoms with Gasteiger partial charge < -0.3 is 5.32 Å². The summed E-state index contributed by atoms with van der Waals surface area (Å²) in [7, 11) is 0. The second-order valence-electron chi connectivity index (χ2n) is 2.03. The fraction of sp³-hybridized carbons (Fsp3) is 0.857. The van der Waals surface area contributed by atoms with E-state index in [4.69, 9.17) is 5.26 Å². The van der Waals surface area contributed by atoms with Crippen molar-refractivity contribution >= 4 is 11.8 Å². The van der Waals surface area contributed by atoms with Crippen LogP contribution in [0.25, 0.3) is 0 Å². The molecule has 0 spiro atoms. The Morgan fingerprint density at radius 2 is 2.30 bits per heavy atom. The number of unbranched alkanes of at least 4 members (excludes halogenated alkanes) is 1. The van der Waals surface area contributed by atoms with E-state index in [1.54, 1.807) is 0 Å². The molecule has 0 bridgehead atoms. The highest BCUT2D eigenvalue weighted by Crippen LogP contribution is 1.97. The van der Waals surface area contributed by atoms with Crippen LogP contribution in [0.2, 0.25) is 0 Å². The van der Waals surface area contributed by atoms with E-state index in [1.807, 2.05) is 17.8 Å². The van der Waals surface area contributed by atoms with Crippen LogP contribution in [0.3, 0.4) is 0 Å². The lowest BCUT2D eigenvalue weighted by Crippen LogP contribution is -2.15. The second-order valence-corrected chi connectivity index (χ2v) is 3.02. The molecule has 0 aromatic carbocycles. The van der Waals surface area contributed by atoms with E-state index in [9.17, 15) is 0 Å². The Morgan fingerprint density at radius 3 is 2.90 bits per heavy atom. The highest BCUT2D eigenvalue weighted by molar-refractivity contribution is 7.98. The summed E-state index contributed by atoms with van der Waals surface area (Å²) >= 11 is 1.87. The lowest BCUT2D eigenvalue weighted by molar-refractivity contribution is 0.688. The fourth-order valence-electron chi connectivity index (χ4n) is 0.641. The number of hydrogen-bond donors (Lipinski definition) is 1. The molecular weight excluding hydrogens is 144 g/mol. The van der Waals surface area contributed by atoms with Gasteiger partial charge in [0, 0.05) is 0 Å². The summed E-state index contributed by atoms with van der Waals surface area (Å²) in [6.45, 7) is 1.47. The van der Waals surface area contributed by atoms with E-state index in [-0.39, 0.29) is 0 Å². The van der Waals surface area contributed by atoms with Crippen LogP contribution in [0.1, 0.15) is 12.8 Å². The molecule has 0 saturated carbocycles. The van der Waals surface area contributed by atoms with Crippen molar-refractivity contribution in [2.24, 2.45) is 0 Å². The summed E-state index contributed by atoms with van der Waals surface area (Å²) in [5, 5.41) is 11.2. The smallest absolute Gasteiger partial charge is 0.0840 e. The summed E-state index contributed by atoms with van der Waals surface area (Å²) in [6, 6.07) is 2.04. The SMILES string of the molecule is CSCCCCNCC#N. The van der Waals surface area contributed by atoms with Crippen LogP contribution in [0.4, 0.5) is 0 Å². The zero-order valence-electron chi connectivity index (χ0n) is 6.39. The predicted octanol–water partition coefficient (Wildman–Crippen LogP) is 1.24. The van der Waals surface area contributed by atoms with Gasteiger partial charge in [-0.15, -0.1) is 0 Å². The Hall–Kier alpha value is -0.200. The zero-order valence-corrected chi connectivity index (χ0v) is 7.21. The first kappa shape index (κ1) is 9.80. The van der Waals surface area contributed by atoms with Crippen LogP contribution >= 0.6 is 11.8 Å². The molecule has 0 aliphatic heterocycles. The van der Waals surface area contributed by atoms with Crippen molar-refractivity contribution in [1.29, 1.82) is 5.26 Å². The van der Waals surface area contributed by atoms with Gasteiger partial charge >= 0.3 is 0 Å². The highest BCUT2D eigenvalue weighted by Gasteiger charge is 1.85. The second kappa shape index (κ2) is 8.80. The lowest BCUT2D eigenvalue weighted by Gasteiger charge is -1.97. The maximum absolute atomic E-state index is 8.15. The molecule has 0 aliphatic rings. The van der Waals surface area contributed by atoms with Crippen LogP contribution in [-0.4, -0.2) is 25.1 Å². The third kappa shape index (κ3) is 7.80. The molecule has 1 N–H and O–H groups in total. The maximum atomic E-state index is 8.15. The molecule has 3 heteroatoms. The predicted molar refractivity (Wildman–Crippen MR) is 46.1 cm³/mol. The summed E-state index contributed by atoms with van der Waals surface area (Å²) in [4.78, 5) is 0. The Bertz CT molecular complexity index is 98.3. The number of thioether (sulfide) groups is 1. The van der Waals surface area contributed by atoms with Gasteiger partial charge in [-0.2, -0.15) is 17.0 Å². The van der Waals surface area contributed by atoms with Crippen molar-refractivity contribution in [2.75, 3.05) is 25.1 Å². The first-order valence-corrected chi connectivity index (χ1v) is 4.88. The Morgan fingerprint density at radius 1 is 1.50 bits per heavy atom. The monoisotopic (exact) mass is 158 g/mol. The topological polar surface area (TPSA) is 35.8 Å². The van der Waals surface area contributed by atoms with E-state index in [2.05, 4.69) is 11.6 Å². The molecular formula is C7H14N2S. The number of nitrogens with zero attached hydrogens (tertiary/aromatic N) is 1. The average molecular weight is 158 g/mol. The van der Waals surface area contributed by atoms with Crippen molar-refractivity contribution in [1.82, 2.24) is 5.32 Å². The van der Waals surface area contributed by atoms with E-state index >= 15 is 0 Å². The summed E-state index contributed by atoms with van der Waals surface area (Å²) in [5.41, 5.74) is 0. The van der Waals surface area contributed by atoms with Crippen LogP contribution < -0.4 is 5.32 Å². The van der Waals surface area contributed by atoms with Crippen LogP contribution in [0, 0.1) is 11.3 Å². The maximum Gasteiger partial charge on any atom is 0.0840 e. The van der Waals surface area contributed by atoms with Gasteiger partial charge in [-0.05, 0) is 31.4 Å². The summed E-state index contributed by atoms with van der Waals surface area (Å²) in [5.74, 6) is 1.23. The molecule has 0 rings (SSSR count). The van der Waals surface area contributed by atoms with E-state index in [0.717, 1.165) is 6.54 Å². The summed E-state index contributed by atoms with van der Waals surface area (Å²) < 4.78 is 0. The minimum Gasteiger partial charge on any atom is -0.304 e. The van der Waals surface area contributed by atoms with Gasteiger partial charge in [0.2, 0.25) is 0 Å². The number of rotatable bonds is 6. The van der Waals surface area contributed by atoms with Gasteiger partial charge in [-0.3, -0.25) is 0 Å². The highest BCUT2D eigenvalue weighted by atomic mass is 32.2. The molecule has 0 heterocycles. The molecule has 2 nitrogen and oxygen atoms in total. The number of hydrogen-bond acceptors (Lipinski definition) is 3. The quantitative estimate of drug-likeness (QED) is 0.466. The summed E-state index contributed by atoms with van der Waals surface area (Å²) in [6.07, 6.45) is 4.55. The van der Waals surface area contributed by atoms with Crippen LogP contribution in [-0.2, 0) is 0 Å². The van der Waals surface area contributed by atoms with Gasteiger partial charge in [-0.1, -0.05) is 0 Å². The zero-order chi connectivity index (χ0) is 7.66. The molecule has 58 valence electrons. The van der Waals surface area contributed by atoms with Crippen molar-refractivity contribution in [3.8, 4) is 6.07 Å². The molecule has 0 amide bonds. The molecule has 10 heavy (non-hydrogen) atoms. The minimum atomic E-state index is 0.485. The Kier molecular flexibility index (Phi) is 8.62.